The van der Waals surface area contributed by atoms with Crippen molar-refractivity contribution in [2.75, 3.05) is 0 Å². The summed E-state index contributed by atoms with van der Waals surface area (Å²) in [6, 6.07) is 11.5. The van der Waals surface area contributed by atoms with Crippen LogP contribution >= 0.6 is 0 Å². The average Bonchev–Trinajstić information content (AvgIpc) is 2.77. The van der Waals surface area contributed by atoms with E-state index in [1.165, 1.54) is 50.5 Å². The summed E-state index contributed by atoms with van der Waals surface area (Å²) in [5, 5.41) is 0. The summed E-state index contributed by atoms with van der Waals surface area (Å²) in [6.07, 6.45) is 12.1. The highest BCUT2D eigenvalue weighted by Gasteiger charge is 2.25. The van der Waals surface area contributed by atoms with E-state index in [4.69, 9.17) is 0 Å². The fraction of sp³-hybridized carbons (Fsp3) is 0.571. The van der Waals surface area contributed by atoms with Crippen molar-refractivity contribution in [3.8, 4) is 11.1 Å². The van der Waals surface area contributed by atoms with Crippen molar-refractivity contribution in [2.24, 2.45) is 17.8 Å². The summed E-state index contributed by atoms with van der Waals surface area (Å²) < 4.78 is 28.9. The highest BCUT2D eigenvalue weighted by atomic mass is 19.2. The maximum absolute atomic E-state index is 14.6. The SMILES string of the molecule is CCCCC1CCC(C(C)Cc2ccc(-c3ccc(CCC)c(F)c3F)cc2)CC1. The van der Waals surface area contributed by atoms with Gasteiger partial charge in [-0.2, -0.15) is 0 Å². The Kier molecular flexibility index (Phi) is 8.48. The number of hydrogen-bond donors (Lipinski definition) is 0. The van der Waals surface area contributed by atoms with Crippen LogP contribution in [0.1, 0.15) is 83.3 Å². The molecule has 0 aromatic heterocycles. The van der Waals surface area contributed by atoms with Crippen molar-refractivity contribution < 1.29 is 8.78 Å². The molecule has 0 N–H and O–H groups in total. The fourth-order valence-electron chi connectivity index (χ4n) is 5.17. The summed E-state index contributed by atoms with van der Waals surface area (Å²) in [7, 11) is 0. The molecular weight excluding hydrogens is 374 g/mol. The van der Waals surface area contributed by atoms with Gasteiger partial charge in [-0.05, 0) is 60.1 Å². The van der Waals surface area contributed by atoms with E-state index in [0.717, 1.165) is 30.2 Å². The van der Waals surface area contributed by atoms with Gasteiger partial charge in [-0.1, -0.05) is 95.7 Å². The lowest BCUT2D eigenvalue weighted by Gasteiger charge is -2.32. The molecule has 3 rings (SSSR count). The standard InChI is InChI=1S/C28H38F2/c1-4-6-8-21-9-13-23(14-10-21)20(3)19-22-11-15-24(16-12-22)26-18-17-25(7-5-2)27(29)28(26)30/h11-12,15-18,20-21,23H,4-10,13-14,19H2,1-3H3. The van der Waals surface area contributed by atoms with E-state index in [0.29, 0.717) is 23.5 Å². The number of hydrogen-bond acceptors (Lipinski definition) is 0. The molecule has 0 saturated heterocycles. The average molecular weight is 413 g/mol. The van der Waals surface area contributed by atoms with E-state index >= 15 is 0 Å². The lowest BCUT2D eigenvalue weighted by Crippen LogP contribution is -2.21. The molecule has 0 nitrogen and oxygen atoms in total. The van der Waals surface area contributed by atoms with E-state index in [2.05, 4.69) is 26.0 Å². The maximum atomic E-state index is 14.6. The van der Waals surface area contributed by atoms with Crippen LogP contribution in [0.4, 0.5) is 8.78 Å². The Labute approximate surface area is 182 Å². The summed E-state index contributed by atoms with van der Waals surface area (Å²) in [4.78, 5) is 0. The molecule has 1 aliphatic carbocycles. The van der Waals surface area contributed by atoms with Crippen LogP contribution in [0.2, 0.25) is 0 Å². The highest BCUT2D eigenvalue weighted by molar-refractivity contribution is 5.65. The van der Waals surface area contributed by atoms with Crippen LogP contribution in [0.5, 0.6) is 0 Å². The van der Waals surface area contributed by atoms with Crippen LogP contribution in [-0.4, -0.2) is 0 Å². The van der Waals surface area contributed by atoms with Gasteiger partial charge in [0.2, 0.25) is 0 Å². The van der Waals surface area contributed by atoms with Gasteiger partial charge in [0.05, 0.1) is 0 Å². The third kappa shape index (κ3) is 5.71. The molecule has 1 fully saturated rings. The lowest BCUT2D eigenvalue weighted by molar-refractivity contribution is 0.205. The topological polar surface area (TPSA) is 0 Å². The Morgan fingerprint density at radius 2 is 1.57 bits per heavy atom. The summed E-state index contributed by atoms with van der Waals surface area (Å²) >= 11 is 0. The molecule has 0 aliphatic heterocycles. The van der Waals surface area contributed by atoms with E-state index < -0.39 is 11.6 Å². The van der Waals surface area contributed by atoms with Crippen molar-refractivity contribution in [3.05, 3.63) is 59.2 Å². The van der Waals surface area contributed by atoms with Crippen LogP contribution in [0.25, 0.3) is 11.1 Å². The summed E-state index contributed by atoms with van der Waals surface area (Å²) in [5.74, 6) is 1.03. The van der Waals surface area contributed by atoms with Crippen LogP contribution in [0.15, 0.2) is 36.4 Å². The van der Waals surface area contributed by atoms with Gasteiger partial charge in [0, 0.05) is 5.56 Å². The first-order chi connectivity index (χ1) is 14.5. The molecule has 1 aliphatic rings. The number of unbranched alkanes of at least 4 members (excludes halogenated alkanes) is 1. The molecule has 0 heterocycles. The van der Waals surface area contributed by atoms with Crippen molar-refractivity contribution >= 4 is 0 Å². The minimum absolute atomic E-state index is 0.359. The third-order valence-electron chi connectivity index (χ3n) is 7.17. The zero-order valence-electron chi connectivity index (χ0n) is 19.0. The molecule has 1 unspecified atom stereocenters. The van der Waals surface area contributed by atoms with E-state index in [9.17, 15) is 8.78 Å². The molecule has 0 bridgehead atoms. The Bertz CT molecular complexity index is 785. The molecule has 0 amide bonds. The molecule has 0 spiro atoms. The smallest absolute Gasteiger partial charge is 0.166 e. The van der Waals surface area contributed by atoms with Crippen LogP contribution < -0.4 is 0 Å². The molecule has 164 valence electrons. The van der Waals surface area contributed by atoms with Crippen LogP contribution in [0.3, 0.4) is 0 Å². The molecule has 2 aromatic rings. The lowest BCUT2D eigenvalue weighted by atomic mass is 9.73. The Morgan fingerprint density at radius 1 is 0.867 bits per heavy atom. The Balaban J connectivity index is 1.59. The quantitative estimate of drug-likeness (QED) is 0.386. The predicted molar refractivity (Wildman–Crippen MR) is 124 cm³/mol. The summed E-state index contributed by atoms with van der Waals surface area (Å²) in [5.41, 5.74) is 2.87. The van der Waals surface area contributed by atoms with Crippen LogP contribution in [-0.2, 0) is 12.8 Å². The van der Waals surface area contributed by atoms with Crippen molar-refractivity contribution in [1.82, 2.24) is 0 Å². The second-order valence-electron chi connectivity index (χ2n) is 9.45. The summed E-state index contributed by atoms with van der Waals surface area (Å²) in [6.45, 7) is 6.64. The maximum Gasteiger partial charge on any atom is 0.166 e. The molecule has 2 aromatic carbocycles. The highest BCUT2D eigenvalue weighted by Crippen LogP contribution is 2.37. The van der Waals surface area contributed by atoms with Crippen molar-refractivity contribution in [3.63, 3.8) is 0 Å². The first-order valence-electron chi connectivity index (χ1n) is 12.1. The van der Waals surface area contributed by atoms with E-state index in [1.54, 1.807) is 12.1 Å². The molecule has 30 heavy (non-hydrogen) atoms. The van der Waals surface area contributed by atoms with Gasteiger partial charge in [-0.15, -0.1) is 0 Å². The molecule has 0 radical (unpaired) electrons. The second-order valence-corrected chi connectivity index (χ2v) is 9.45. The van der Waals surface area contributed by atoms with Crippen LogP contribution in [0, 0.1) is 29.4 Å². The number of rotatable bonds is 9. The van der Waals surface area contributed by atoms with Crippen molar-refractivity contribution in [2.45, 2.75) is 85.0 Å². The van der Waals surface area contributed by atoms with E-state index in [1.807, 2.05) is 19.1 Å². The predicted octanol–water partition coefficient (Wildman–Crippen LogP) is 8.76. The third-order valence-corrected chi connectivity index (χ3v) is 7.17. The first kappa shape index (κ1) is 23.0. The Morgan fingerprint density at radius 3 is 2.20 bits per heavy atom. The zero-order valence-corrected chi connectivity index (χ0v) is 19.0. The first-order valence-corrected chi connectivity index (χ1v) is 12.1. The number of halogens is 2. The largest absolute Gasteiger partial charge is 0.203 e. The van der Waals surface area contributed by atoms with Crippen molar-refractivity contribution in [1.29, 1.82) is 0 Å². The van der Waals surface area contributed by atoms with E-state index in [-0.39, 0.29) is 0 Å². The van der Waals surface area contributed by atoms with Gasteiger partial charge in [0.15, 0.2) is 11.6 Å². The molecule has 1 saturated carbocycles. The van der Waals surface area contributed by atoms with Gasteiger partial charge in [0.1, 0.15) is 0 Å². The number of aryl methyl sites for hydroxylation is 1. The normalized spacial score (nSPS) is 20.3. The molecule has 2 heteroatoms. The van der Waals surface area contributed by atoms with Gasteiger partial charge < -0.3 is 0 Å². The second kappa shape index (κ2) is 11.1. The van der Waals surface area contributed by atoms with Gasteiger partial charge in [0.25, 0.3) is 0 Å². The van der Waals surface area contributed by atoms with Gasteiger partial charge in [-0.3, -0.25) is 0 Å². The Hall–Kier alpha value is -1.70. The monoisotopic (exact) mass is 412 g/mol. The zero-order chi connectivity index (χ0) is 21.5. The molecule has 1 atom stereocenters. The minimum Gasteiger partial charge on any atom is -0.203 e. The van der Waals surface area contributed by atoms with Gasteiger partial charge in [-0.25, -0.2) is 8.78 Å². The number of benzene rings is 2. The van der Waals surface area contributed by atoms with Gasteiger partial charge >= 0.3 is 0 Å². The minimum atomic E-state index is -0.720. The molecular formula is C28H38F2. The fourth-order valence-corrected chi connectivity index (χ4v) is 5.17.